The number of alkyl carbamates (subject to hydrolysis) is 1. The van der Waals surface area contributed by atoms with E-state index in [-0.39, 0.29) is 13.2 Å². The molecular weight excluding hydrogens is 389 g/mol. The summed E-state index contributed by atoms with van der Waals surface area (Å²) in [4.78, 5) is 12.3. The summed E-state index contributed by atoms with van der Waals surface area (Å²) in [7, 11) is -0.552. The van der Waals surface area contributed by atoms with Gasteiger partial charge in [-0.1, -0.05) is 67.6 Å². The lowest BCUT2D eigenvalue weighted by Crippen LogP contribution is -2.41. The van der Waals surface area contributed by atoms with Crippen LogP contribution in [0.1, 0.15) is 51.3 Å². The molecule has 1 aliphatic rings. The van der Waals surface area contributed by atoms with Crippen LogP contribution in [0.2, 0.25) is 0 Å². The Bertz CT molecular complexity index is 908. The number of hydrogen-bond acceptors (Lipinski definition) is 4. The highest BCUT2D eigenvalue weighted by atomic mass is 16.7. The van der Waals surface area contributed by atoms with E-state index < -0.39 is 24.4 Å². The van der Waals surface area contributed by atoms with Gasteiger partial charge in [-0.2, -0.15) is 0 Å². The third-order valence-electron chi connectivity index (χ3n) is 5.98. The third-order valence-corrected chi connectivity index (χ3v) is 5.98. The van der Waals surface area contributed by atoms with Crippen molar-refractivity contribution in [3.05, 3.63) is 76.8 Å². The van der Waals surface area contributed by atoms with Gasteiger partial charge in [-0.15, -0.1) is 0 Å². The van der Waals surface area contributed by atoms with E-state index in [1.54, 1.807) is 0 Å². The lowest BCUT2D eigenvalue weighted by molar-refractivity contribution is 0.00578. The zero-order valence-corrected chi connectivity index (χ0v) is 19.1. The number of aryl methyl sites for hydroxylation is 1. The van der Waals surface area contributed by atoms with E-state index in [1.807, 2.05) is 70.2 Å². The number of rotatable bonds is 7. The Morgan fingerprint density at radius 1 is 1.00 bits per heavy atom. The van der Waals surface area contributed by atoms with E-state index in [9.17, 15) is 4.79 Å². The fourth-order valence-electron chi connectivity index (χ4n) is 3.34. The van der Waals surface area contributed by atoms with Gasteiger partial charge in [0.15, 0.2) is 0 Å². The van der Waals surface area contributed by atoms with Crippen LogP contribution in [0, 0.1) is 0 Å². The van der Waals surface area contributed by atoms with Gasteiger partial charge in [0.2, 0.25) is 0 Å². The highest BCUT2D eigenvalue weighted by Gasteiger charge is 2.52. The van der Waals surface area contributed by atoms with Gasteiger partial charge in [0.1, 0.15) is 6.61 Å². The maximum atomic E-state index is 12.3. The van der Waals surface area contributed by atoms with E-state index in [0.717, 1.165) is 23.0 Å². The first kappa shape index (κ1) is 23.1. The maximum Gasteiger partial charge on any atom is 0.492 e. The number of amides is 1. The predicted octanol–water partition coefficient (Wildman–Crippen LogP) is 5.19. The van der Waals surface area contributed by atoms with Crippen LogP contribution in [0.5, 0.6) is 0 Å². The lowest BCUT2D eigenvalue weighted by Gasteiger charge is -2.32. The minimum Gasteiger partial charge on any atom is -0.445 e. The van der Waals surface area contributed by atoms with E-state index in [4.69, 9.17) is 14.0 Å². The third kappa shape index (κ3) is 5.78. The molecule has 2 aromatic carbocycles. The van der Waals surface area contributed by atoms with Crippen molar-refractivity contribution < 1.29 is 18.8 Å². The SMILES string of the molecule is CCc1ccccc1C=C(CNC(=O)OCc1ccccc1)B1OC(C)(C)C(C)(C)O1. The van der Waals surface area contributed by atoms with Gasteiger partial charge in [-0.3, -0.25) is 0 Å². The molecule has 0 atom stereocenters. The van der Waals surface area contributed by atoms with Crippen LogP contribution in [0.4, 0.5) is 4.79 Å². The van der Waals surface area contributed by atoms with E-state index in [0.29, 0.717) is 0 Å². The molecular formula is C25H32BNO4. The predicted molar refractivity (Wildman–Crippen MR) is 125 cm³/mol. The minimum absolute atomic E-state index is 0.223. The second-order valence-electron chi connectivity index (χ2n) is 8.78. The number of benzene rings is 2. The molecule has 164 valence electrons. The van der Waals surface area contributed by atoms with Crippen LogP contribution in [-0.4, -0.2) is 31.0 Å². The molecule has 1 N–H and O–H groups in total. The number of ether oxygens (including phenoxy) is 1. The molecule has 1 heterocycles. The normalized spacial score (nSPS) is 17.5. The second-order valence-corrected chi connectivity index (χ2v) is 8.78. The molecule has 1 aliphatic heterocycles. The minimum atomic E-state index is -0.552. The Kier molecular flexibility index (Phi) is 7.24. The summed E-state index contributed by atoms with van der Waals surface area (Å²) < 4.78 is 17.9. The Hall–Kier alpha value is -2.57. The van der Waals surface area contributed by atoms with E-state index in [1.165, 1.54) is 5.56 Å². The zero-order valence-electron chi connectivity index (χ0n) is 19.1. The molecule has 1 fully saturated rings. The fraction of sp³-hybridized carbons (Fsp3) is 0.400. The Balaban J connectivity index is 1.75. The molecule has 31 heavy (non-hydrogen) atoms. The monoisotopic (exact) mass is 421 g/mol. The Morgan fingerprint density at radius 3 is 2.26 bits per heavy atom. The second kappa shape index (κ2) is 9.71. The summed E-state index contributed by atoms with van der Waals surface area (Å²) in [6.07, 6.45) is 2.49. The number of carbonyl (C=O) groups is 1. The smallest absolute Gasteiger partial charge is 0.445 e. The first-order valence-corrected chi connectivity index (χ1v) is 10.8. The van der Waals surface area contributed by atoms with Crippen LogP contribution >= 0.6 is 0 Å². The molecule has 0 saturated carbocycles. The van der Waals surface area contributed by atoms with Gasteiger partial charge >= 0.3 is 13.2 Å². The quantitative estimate of drug-likeness (QED) is 0.626. The van der Waals surface area contributed by atoms with E-state index in [2.05, 4.69) is 30.4 Å². The Morgan fingerprint density at radius 2 is 1.61 bits per heavy atom. The molecule has 2 aromatic rings. The highest BCUT2D eigenvalue weighted by Crippen LogP contribution is 2.38. The van der Waals surface area contributed by atoms with Crippen LogP contribution in [-0.2, 0) is 27.1 Å². The van der Waals surface area contributed by atoms with Crippen LogP contribution in [0.3, 0.4) is 0 Å². The van der Waals surface area contributed by atoms with Crippen molar-refractivity contribution in [2.24, 2.45) is 0 Å². The van der Waals surface area contributed by atoms with Crippen molar-refractivity contribution in [2.45, 2.75) is 58.8 Å². The van der Waals surface area contributed by atoms with Gasteiger partial charge in [0, 0.05) is 6.54 Å². The lowest BCUT2D eigenvalue weighted by atomic mass is 9.76. The first-order chi connectivity index (χ1) is 14.7. The molecule has 0 spiro atoms. The van der Waals surface area contributed by atoms with Crippen molar-refractivity contribution in [3.63, 3.8) is 0 Å². The standard InChI is InChI=1S/C25H32BNO4/c1-6-20-14-10-11-15-21(20)16-22(26-30-24(2,3)25(4,5)31-26)17-27-23(28)29-18-19-12-8-7-9-13-19/h7-16H,6,17-18H2,1-5H3,(H,27,28). The van der Waals surface area contributed by atoms with Crippen molar-refractivity contribution in [2.75, 3.05) is 6.54 Å². The summed E-state index contributed by atoms with van der Waals surface area (Å²) in [5.74, 6) is 0. The summed E-state index contributed by atoms with van der Waals surface area (Å²) in [6, 6.07) is 17.8. The van der Waals surface area contributed by atoms with Crippen molar-refractivity contribution in [3.8, 4) is 0 Å². The summed E-state index contributed by atoms with van der Waals surface area (Å²) in [5.41, 5.74) is 3.17. The molecule has 1 saturated heterocycles. The molecule has 0 bridgehead atoms. The van der Waals surface area contributed by atoms with Gasteiger partial charge in [0.25, 0.3) is 0 Å². The molecule has 0 unspecified atom stereocenters. The maximum absolute atomic E-state index is 12.3. The summed E-state index contributed by atoms with van der Waals surface area (Å²) >= 11 is 0. The Labute approximate surface area is 185 Å². The molecule has 3 rings (SSSR count). The van der Waals surface area contributed by atoms with Crippen molar-refractivity contribution in [1.29, 1.82) is 0 Å². The number of hydrogen-bond donors (Lipinski definition) is 1. The van der Waals surface area contributed by atoms with Crippen LogP contribution in [0.15, 0.2) is 60.1 Å². The van der Waals surface area contributed by atoms with Crippen molar-refractivity contribution >= 4 is 19.3 Å². The summed E-state index contributed by atoms with van der Waals surface area (Å²) in [6.45, 7) is 10.7. The molecule has 0 aromatic heterocycles. The van der Waals surface area contributed by atoms with Crippen molar-refractivity contribution in [1.82, 2.24) is 5.32 Å². The van der Waals surface area contributed by atoms with E-state index >= 15 is 0 Å². The van der Waals surface area contributed by atoms with Crippen LogP contribution < -0.4 is 5.32 Å². The van der Waals surface area contributed by atoms with Gasteiger partial charge in [-0.25, -0.2) is 4.79 Å². The topological polar surface area (TPSA) is 56.8 Å². The number of nitrogens with one attached hydrogen (secondary N) is 1. The highest BCUT2D eigenvalue weighted by molar-refractivity contribution is 6.56. The average molecular weight is 421 g/mol. The number of carbonyl (C=O) groups excluding carboxylic acids is 1. The largest absolute Gasteiger partial charge is 0.492 e. The fourth-order valence-corrected chi connectivity index (χ4v) is 3.34. The molecule has 0 aliphatic carbocycles. The molecule has 0 radical (unpaired) electrons. The molecule has 1 amide bonds. The average Bonchev–Trinajstić information content (AvgIpc) is 2.97. The molecule has 6 heteroatoms. The zero-order chi connectivity index (χ0) is 22.5. The van der Waals surface area contributed by atoms with Crippen LogP contribution in [0.25, 0.3) is 6.08 Å². The van der Waals surface area contributed by atoms with Gasteiger partial charge in [-0.05, 0) is 56.3 Å². The van der Waals surface area contributed by atoms with Gasteiger partial charge in [0.05, 0.1) is 11.2 Å². The summed E-state index contributed by atoms with van der Waals surface area (Å²) in [5, 5.41) is 2.85. The van der Waals surface area contributed by atoms with Gasteiger partial charge < -0.3 is 19.4 Å². The first-order valence-electron chi connectivity index (χ1n) is 10.8. The molecule has 5 nitrogen and oxygen atoms in total.